The first-order chi connectivity index (χ1) is 18.9. The Kier molecular flexibility index (Phi) is 28.6. The summed E-state index contributed by atoms with van der Waals surface area (Å²) in [5.41, 5.74) is 5.28. The van der Waals surface area contributed by atoms with Gasteiger partial charge in [0.25, 0.3) is 0 Å². The van der Waals surface area contributed by atoms with Gasteiger partial charge in [0.05, 0.1) is 19.8 Å². The van der Waals surface area contributed by atoms with Crippen LogP contribution in [0.25, 0.3) is 0 Å². The van der Waals surface area contributed by atoms with Crippen LogP contribution in [-0.2, 0) is 27.9 Å². The number of unbranched alkanes of at least 4 members (excludes halogenated alkanes) is 18. The lowest BCUT2D eigenvalue weighted by molar-refractivity contribution is -0.154. The van der Waals surface area contributed by atoms with Crippen molar-refractivity contribution in [1.29, 1.82) is 0 Å². The van der Waals surface area contributed by atoms with E-state index in [2.05, 4.69) is 6.92 Å². The summed E-state index contributed by atoms with van der Waals surface area (Å²) in [7, 11) is -4.23. The van der Waals surface area contributed by atoms with E-state index in [1.165, 1.54) is 109 Å². The van der Waals surface area contributed by atoms with Gasteiger partial charge in [-0.25, -0.2) is 4.57 Å². The quantitative estimate of drug-likeness (QED) is 0.0479. The summed E-state index contributed by atoms with van der Waals surface area (Å²) < 4.78 is 32.5. The van der Waals surface area contributed by atoms with Gasteiger partial charge < -0.3 is 20.1 Å². The highest BCUT2D eigenvalue weighted by Gasteiger charge is 2.25. The summed E-state index contributed by atoms with van der Waals surface area (Å²) in [4.78, 5) is 21.5. The number of carbonyl (C=O) groups is 1. The normalized spacial score (nSPS) is 13.8. The fraction of sp³-hybridized carbons (Fsp3) is 0.967. The number of hydrogen-bond donors (Lipinski definition) is 2. The third-order valence-electron chi connectivity index (χ3n) is 6.74. The predicted molar refractivity (Wildman–Crippen MR) is 160 cm³/mol. The molecule has 0 bridgehead atoms. The zero-order chi connectivity index (χ0) is 28.9. The Labute approximate surface area is 240 Å². The molecule has 2 atom stereocenters. The van der Waals surface area contributed by atoms with Crippen LogP contribution < -0.4 is 5.73 Å². The lowest BCUT2D eigenvalue weighted by Gasteiger charge is -2.19. The molecule has 3 N–H and O–H groups in total. The lowest BCUT2D eigenvalue weighted by atomic mass is 10.0. The van der Waals surface area contributed by atoms with Crippen molar-refractivity contribution >= 4 is 13.8 Å². The van der Waals surface area contributed by atoms with E-state index in [4.69, 9.17) is 24.3 Å². The van der Waals surface area contributed by atoms with Gasteiger partial charge in [-0.3, -0.25) is 13.8 Å². The van der Waals surface area contributed by atoms with E-state index in [9.17, 15) is 14.3 Å². The fourth-order valence-electron chi connectivity index (χ4n) is 4.45. The van der Waals surface area contributed by atoms with Crippen LogP contribution in [0.2, 0.25) is 0 Å². The van der Waals surface area contributed by atoms with Crippen molar-refractivity contribution in [3.05, 3.63) is 0 Å². The topological polar surface area (TPSA) is 117 Å². The Morgan fingerprint density at radius 1 is 0.667 bits per heavy atom. The minimum absolute atomic E-state index is 0.0933. The minimum Gasteiger partial charge on any atom is -0.457 e. The zero-order valence-electron chi connectivity index (χ0n) is 25.4. The van der Waals surface area contributed by atoms with Crippen LogP contribution in [0.15, 0.2) is 0 Å². The molecule has 0 saturated carbocycles. The molecule has 0 aromatic rings. The van der Waals surface area contributed by atoms with E-state index in [1.807, 2.05) is 6.92 Å². The number of hydrogen-bond acceptors (Lipinski definition) is 7. The highest BCUT2D eigenvalue weighted by atomic mass is 31.2. The van der Waals surface area contributed by atoms with E-state index in [1.54, 1.807) is 0 Å². The van der Waals surface area contributed by atoms with Crippen LogP contribution in [0.1, 0.15) is 149 Å². The fourth-order valence-corrected chi connectivity index (χ4v) is 5.21. The summed E-state index contributed by atoms with van der Waals surface area (Å²) in [6, 6.07) is 0. The van der Waals surface area contributed by atoms with Gasteiger partial charge in [-0.1, -0.05) is 129 Å². The number of rotatable bonds is 31. The molecule has 0 aliphatic heterocycles. The molecule has 0 amide bonds. The number of phosphoric ester groups is 1. The molecule has 0 fully saturated rings. The monoisotopic (exact) mass is 579 g/mol. The van der Waals surface area contributed by atoms with E-state index in [0.29, 0.717) is 13.0 Å². The molecule has 0 saturated heterocycles. The summed E-state index contributed by atoms with van der Waals surface area (Å²) in [6.45, 7) is 4.57. The second kappa shape index (κ2) is 29.0. The van der Waals surface area contributed by atoms with E-state index < -0.39 is 13.9 Å². The Hall–Kier alpha value is -0.500. The standard InChI is InChI=1S/C30H62NO7P/c1-3-5-6-7-8-9-10-11-12-13-14-15-16-17-18-19-20-21-22-25-35-27-29(38-30(32)23-4-2)28-37-39(33,34)36-26-24-31/h29H,3-28,31H2,1-2H3,(H,33,34). The smallest absolute Gasteiger partial charge is 0.457 e. The van der Waals surface area contributed by atoms with Crippen molar-refractivity contribution in [3.8, 4) is 0 Å². The van der Waals surface area contributed by atoms with Gasteiger partial charge in [0.1, 0.15) is 6.10 Å². The first kappa shape index (κ1) is 38.5. The SMILES string of the molecule is CCCCCCCCCCCCCCCCCCCCCOCC(COP(=O)(O)OCCN)OC(=O)CCC. The van der Waals surface area contributed by atoms with E-state index >= 15 is 0 Å². The van der Waals surface area contributed by atoms with Crippen molar-refractivity contribution in [2.75, 3.05) is 33.0 Å². The molecule has 0 aliphatic rings. The lowest BCUT2D eigenvalue weighted by Crippen LogP contribution is -2.28. The van der Waals surface area contributed by atoms with E-state index in [0.717, 1.165) is 12.8 Å². The van der Waals surface area contributed by atoms with E-state index in [-0.39, 0.29) is 38.8 Å². The molecule has 9 heteroatoms. The molecule has 0 rings (SSSR count). The van der Waals surface area contributed by atoms with Crippen LogP contribution in [0, 0.1) is 0 Å². The van der Waals surface area contributed by atoms with Crippen molar-refractivity contribution in [2.24, 2.45) is 5.73 Å². The molecular formula is C30H62NO7P. The number of esters is 1. The number of phosphoric acid groups is 1. The van der Waals surface area contributed by atoms with Gasteiger partial charge in [0.15, 0.2) is 0 Å². The molecule has 39 heavy (non-hydrogen) atoms. The number of carbonyl (C=O) groups excluding carboxylic acids is 1. The maximum atomic E-state index is 11.9. The van der Waals surface area contributed by atoms with Crippen LogP contribution in [-0.4, -0.2) is 49.9 Å². The van der Waals surface area contributed by atoms with Gasteiger partial charge >= 0.3 is 13.8 Å². The first-order valence-electron chi connectivity index (χ1n) is 16.0. The third kappa shape index (κ3) is 28.8. The Morgan fingerprint density at radius 3 is 1.56 bits per heavy atom. The Bertz CT molecular complexity index is 580. The molecule has 8 nitrogen and oxygen atoms in total. The molecular weight excluding hydrogens is 517 g/mol. The summed E-state index contributed by atoms with van der Waals surface area (Å²) in [5, 5.41) is 0. The third-order valence-corrected chi connectivity index (χ3v) is 7.73. The highest BCUT2D eigenvalue weighted by Crippen LogP contribution is 2.43. The summed E-state index contributed by atoms with van der Waals surface area (Å²) in [5.74, 6) is -0.381. The van der Waals surface area contributed by atoms with Crippen LogP contribution >= 0.6 is 7.82 Å². The van der Waals surface area contributed by atoms with Gasteiger partial charge in [-0.05, 0) is 12.8 Å². The molecule has 0 radical (unpaired) electrons. The molecule has 234 valence electrons. The molecule has 0 heterocycles. The minimum atomic E-state index is -4.23. The number of nitrogens with two attached hydrogens (primary N) is 1. The molecule has 0 spiro atoms. The van der Waals surface area contributed by atoms with Gasteiger partial charge in [-0.15, -0.1) is 0 Å². The maximum Gasteiger partial charge on any atom is 0.472 e. The largest absolute Gasteiger partial charge is 0.472 e. The highest BCUT2D eigenvalue weighted by molar-refractivity contribution is 7.47. The molecule has 0 aromatic carbocycles. The van der Waals surface area contributed by atoms with Crippen molar-refractivity contribution < 1.29 is 32.8 Å². The predicted octanol–water partition coefficient (Wildman–Crippen LogP) is 8.24. The van der Waals surface area contributed by atoms with Gasteiger partial charge in [0, 0.05) is 19.6 Å². The second-order valence-corrected chi connectivity index (χ2v) is 12.1. The molecule has 0 aliphatic carbocycles. The molecule has 0 aromatic heterocycles. The van der Waals surface area contributed by atoms with Crippen molar-refractivity contribution in [1.82, 2.24) is 0 Å². The van der Waals surface area contributed by atoms with Gasteiger partial charge in [-0.2, -0.15) is 0 Å². The Morgan fingerprint density at radius 2 is 1.13 bits per heavy atom. The van der Waals surface area contributed by atoms with Gasteiger partial charge in [0.2, 0.25) is 0 Å². The molecule has 2 unspecified atom stereocenters. The second-order valence-electron chi connectivity index (χ2n) is 10.7. The van der Waals surface area contributed by atoms with Crippen molar-refractivity contribution in [3.63, 3.8) is 0 Å². The van der Waals surface area contributed by atoms with Crippen molar-refractivity contribution in [2.45, 2.75) is 155 Å². The average molecular weight is 580 g/mol. The number of ether oxygens (including phenoxy) is 2. The first-order valence-corrected chi connectivity index (χ1v) is 17.5. The summed E-state index contributed by atoms with van der Waals surface area (Å²) in [6.07, 6.45) is 25.6. The van der Waals surface area contributed by atoms with Crippen LogP contribution in [0.5, 0.6) is 0 Å². The van der Waals surface area contributed by atoms with Crippen LogP contribution in [0.4, 0.5) is 0 Å². The average Bonchev–Trinajstić information content (AvgIpc) is 2.91. The maximum absolute atomic E-state index is 11.9. The zero-order valence-corrected chi connectivity index (χ0v) is 26.3. The van der Waals surface area contributed by atoms with Crippen LogP contribution in [0.3, 0.4) is 0 Å². The summed E-state index contributed by atoms with van der Waals surface area (Å²) >= 11 is 0. The Balaban J connectivity index is 3.64.